The number of rotatable bonds is 9. The fraction of sp³-hybridized carbons (Fsp3) is 0.387. The summed E-state index contributed by atoms with van der Waals surface area (Å²) in [6, 6.07) is 12.3. The molecule has 8 nitrogen and oxygen atoms in total. The molecular weight excluding hydrogens is 549 g/mol. The van der Waals surface area contributed by atoms with Gasteiger partial charge in [0.25, 0.3) is 0 Å². The molecule has 0 radical (unpaired) electrons. The molecule has 0 bridgehead atoms. The normalized spacial score (nSPS) is 16.9. The van der Waals surface area contributed by atoms with Crippen molar-refractivity contribution in [1.29, 1.82) is 0 Å². The molecule has 1 aromatic heterocycles. The molecule has 2 aromatic carbocycles. The van der Waals surface area contributed by atoms with Crippen LogP contribution in [0, 0.1) is 5.92 Å². The summed E-state index contributed by atoms with van der Waals surface area (Å²) >= 11 is 0. The summed E-state index contributed by atoms with van der Waals surface area (Å²) in [5, 5.41) is 5.31. The number of hydrogen-bond donors (Lipinski definition) is 2. The molecule has 1 saturated heterocycles. The van der Waals surface area contributed by atoms with Gasteiger partial charge in [0.2, 0.25) is 11.8 Å². The number of carbonyl (C=O) groups excluding carboxylic acids is 2. The van der Waals surface area contributed by atoms with Crippen molar-refractivity contribution in [2.75, 3.05) is 36.9 Å². The van der Waals surface area contributed by atoms with E-state index in [-0.39, 0.29) is 29.9 Å². The Bertz CT molecular complexity index is 1440. The van der Waals surface area contributed by atoms with Crippen LogP contribution in [0.25, 0.3) is 0 Å². The fourth-order valence-corrected chi connectivity index (χ4v) is 5.34. The molecule has 3 aromatic rings. The van der Waals surface area contributed by atoms with Crippen LogP contribution in [0.15, 0.2) is 54.7 Å². The average Bonchev–Trinajstić information content (AvgIpc) is 3.45. The number of nitrogens with one attached hydrogen (secondary N) is 2. The molecule has 5 rings (SSSR count). The zero-order valence-corrected chi connectivity index (χ0v) is 23.3. The predicted molar refractivity (Wildman–Crippen MR) is 152 cm³/mol. The van der Waals surface area contributed by atoms with Crippen LogP contribution in [-0.4, -0.2) is 47.9 Å². The van der Waals surface area contributed by atoms with E-state index in [1.807, 2.05) is 18.2 Å². The molecule has 2 amide bonds. The van der Waals surface area contributed by atoms with E-state index in [2.05, 4.69) is 20.5 Å². The zero-order chi connectivity index (χ0) is 29.7. The van der Waals surface area contributed by atoms with Gasteiger partial charge in [-0.3, -0.25) is 14.5 Å². The summed E-state index contributed by atoms with van der Waals surface area (Å²) < 4.78 is 52.5. The number of aryl methyl sites for hydroxylation is 1. The van der Waals surface area contributed by atoms with Crippen molar-refractivity contribution in [3.05, 3.63) is 71.4 Å². The summed E-state index contributed by atoms with van der Waals surface area (Å²) in [5.74, 6) is 0.476. The van der Waals surface area contributed by atoms with Crippen molar-refractivity contribution < 1.29 is 32.2 Å². The topological polar surface area (TPSA) is 92.8 Å². The third kappa shape index (κ3) is 7.79. The van der Waals surface area contributed by atoms with Gasteiger partial charge in [0, 0.05) is 43.4 Å². The molecule has 2 aliphatic rings. The molecule has 1 aliphatic heterocycles. The van der Waals surface area contributed by atoms with Crippen LogP contribution in [0.4, 0.5) is 24.7 Å². The Kier molecular flexibility index (Phi) is 8.96. The molecule has 2 heterocycles. The first-order valence-corrected chi connectivity index (χ1v) is 14.0. The summed E-state index contributed by atoms with van der Waals surface area (Å²) in [7, 11) is 0. The lowest BCUT2D eigenvalue weighted by Gasteiger charge is -2.25. The highest BCUT2D eigenvalue weighted by Gasteiger charge is 2.32. The largest absolute Gasteiger partial charge is 0.492 e. The molecule has 1 atom stereocenters. The monoisotopic (exact) mass is 582 g/mol. The molecule has 0 spiro atoms. The Labute approximate surface area is 242 Å². The van der Waals surface area contributed by atoms with Gasteiger partial charge in [0.1, 0.15) is 29.7 Å². The lowest BCUT2D eigenvalue weighted by atomic mass is 9.83. The number of hydrogen-bond acceptors (Lipinski definition) is 6. The lowest BCUT2D eigenvalue weighted by molar-refractivity contribution is -0.137. The summed E-state index contributed by atoms with van der Waals surface area (Å²) in [6.07, 6.45) is 0.827. The van der Waals surface area contributed by atoms with Crippen LogP contribution in [0.5, 0.6) is 17.2 Å². The van der Waals surface area contributed by atoms with Gasteiger partial charge in [0.15, 0.2) is 0 Å². The quantitative estimate of drug-likeness (QED) is 0.318. The van der Waals surface area contributed by atoms with Crippen LogP contribution in [0.3, 0.4) is 0 Å². The van der Waals surface area contributed by atoms with Gasteiger partial charge < -0.3 is 20.1 Å². The second-order valence-corrected chi connectivity index (χ2v) is 10.7. The summed E-state index contributed by atoms with van der Waals surface area (Å²) in [6.45, 7) is 4.24. The third-order valence-electron chi connectivity index (χ3n) is 7.42. The van der Waals surface area contributed by atoms with Gasteiger partial charge in [0.05, 0.1) is 5.56 Å². The van der Waals surface area contributed by atoms with E-state index in [9.17, 15) is 22.8 Å². The molecule has 0 saturated carbocycles. The maximum Gasteiger partial charge on any atom is 0.416 e. The van der Waals surface area contributed by atoms with Crippen molar-refractivity contribution in [3.8, 4) is 17.2 Å². The van der Waals surface area contributed by atoms with Crippen LogP contribution in [0.2, 0.25) is 0 Å². The summed E-state index contributed by atoms with van der Waals surface area (Å²) in [5.41, 5.74) is 1.21. The Morgan fingerprint density at radius 2 is 1.76 bits per heavy atom. The number of pyridine rings is 1. The van der Waals surface area contributed by atoms with Gasteiger partial charge in [-0.2, -0.15) is 13.2 Å². The van der Waals surface area contributed by atoms with E-state index in [1.54, 1.807) is 12.1 Å². The second-order valence-electron chi connectivity index (χ2n) is 10.7. The molecule has 222 valence electrons. The predicted octanol–water partition coefficient (Wildman–Crippen LogP) is 6.07. The highest BCUT2D eigenvalue weighted by atomic mass is 19.4. The number of alkyl halides is 3. The van der Waals surface area contributed by atoms with Crippen molar-refractivity contribution in [3.63, 3.8) is 0 Å². The van der Waals surface area contributed by atoms with E-state index in [0.717, 1.165) is 49.2 Å². The van der Waals surface area contributed by atoms with Gasteiger partial charge in [-0.25, -0.2) is 4.98 Å². The number of likely N-dealkylation sites (tertiary alicyclic amines) is 1. The van der Waals surface area contributed by atoms with E-state index >= 15 is 0 Å². The molecule has 1 aliphatic carbocycles. The minimum Gasteiger partial charge on any atom is -0.492 e. The van der Waals surface area contributed by atoms with Crippen molar-refractivity contribution in [1.82, 2.24) is 9.88 Å². The SMILES string of the molecule is CC(=O)Nc1cc(Oc2ccc3c(c2)CC(C(=O)Nc2cc(OCCN4CCCC4)cc(C(F)(F)F)c2)CC3)ccn1. The first kappa shape index (κ1) is 29.4. The van der Waals surface area contributed by atoms with E-state index < -0.39 is 17.7 Å². The first-order chi connectivity index (χ1) is 20.1. The zero-order valence-electron chi connectivity index (χ0n) is 23.3. The number of carbonyl (C=O) groups is 2. The van der Waals surface area contributed by atoms with Crippen LogP contribution < -0.4 is 20.1 Å². The van der Waals surface area contributed by atoms with Crippen molar-refractivity contribution >= 4 is 23.3 Å². The molecule has 1 fully saturated rings. The molecule has 42 heavy (non-hydrogen) atoms. The van der Waals surface area contributed by atoms with E-state index in [0.29, 0.717) is 43.1 Å². The number of benzene rings is 2. The minimum absolute atomic E-state index is 0.0570. The number of halogens is 3. The van der Waals surface area contributed by atoms with Crippen molar-refractivity contribution in [2.45, 2.75) is 45.2 Å². The molecule has 1 unspecified atom stereocenters. The average molecular weight is 583 g/mol. The van der Waals surface area contributed by atoms with Gasteiger partial charge in [-0.1, -0.05) is 6.07 Å². The number of nitrogens with zero attached hydrogens (tertiary/aromatic N) is 2. The molecule has 2 N–H and O–H groups in total. The van der Waals surface area contributed by atoms with Gasteiger partial charge in [-0.05, 0) is 86.7 Å². The van der Waals surface area contributed by atoms with Gasteiger partial charge >= 0.3 is 6.18 Å². The number of ether oxygens (including phenoxy) is 2. The first-order valence-electron chi connectivity index (χ1n) is 14.0. The lowest BCUT2D eigenvalue weighted by Crippen LogP contribution is -2.28. The third-order valence-corrected chi connectivity index (χ3v) is 7.42. The Morgan fingerprint density at radius 3 is 2.52 bits per heavy atom. The maximum absolute atomic E-state index is 13.6. The Hall–Kier alpha value is -4.12. The maximum atomic E-state index is 13.6. The Balaban J connectivity index is 1.25. The van der Waals surface area contributed by atoms with Crippen LogP contribution >= 0.6 is 0 Å². The number of fused-ring (bicyclic) bond motifs is 1. The number of aromatic nitrogens is 1. The van der Waals surface area contributed by atoms with E-state index in [4.69, 9.17) is 9.47 Å². The smallest absolute Gasteiger partial charge is 0.416 e. The number of amides is 2. The van der Waals surface area contributed by atoms with Crippen LogP contribution in [0.1, 0.15) is 42.9 Å². The minimum atomic E-state index is -4.58. The fourth-order valence-electron chi connectivity index (χ4n) is 5.34. The van der Waals surface area contributed by atoms with E-state index in [1.165, 1.54) is 19.2 Å². The highest BCUT2D eigenvalue weighted by Crippen LogP contribution is 2.35. The standard InChI is InChI=1S/C31H33F3N4O4/c1-20(39)36-29-19-27(8-9-35-29)42-26-7-6-21-4-5-22(14-23(21)15-26)30(40)37-25-16-24(31(32,33)34)17-28(18-25)41-13-12-38-10-2-3-11-38/h6-9,15-19,22H,2-5,10-14H2,1H3,(H,37,40)(H,35,36,39). The number of anilines is 2. The highest BCUT2D eigenvalue weighted by molar-refractivity contribution is 5.93. The van der Waals surface area contributed by atoms with Crippen molar-refractivity contribution in [2.24, 2.45) is 5.92 Å². The van der Waals surface area contributed by atoms with Gasteiger partial charge in [-0.15, -0.1) is 0 Å². The summed E-state index contributed by atoms with van der Waals surface area (Å²) in [4.78, 5) is 30.9. The van der Waals surface area contributed by atoms with Crippen LogP contribution in [-0.2, 0) is 28.6 Å². The Morgan fingerprint density at radius 1 is 0.976 bits per heavy atom. The molecule has 11 heteroatoms. The molecular formula is C31H33F3N4O4. The second kappa shape index (κ2) is 12.8.